The molecule has 4 N–H and O–H groups in total. The monoisotopic (exact) mass is 217 g/mol. The lowest BCUT2D eigenvalue weighted by Crippen LogP contribution is -2.39. The van der Waals surface area contributed by atoms with Crippen LogP contribution in [0.2, 0.25) is 0 Å². The number of thiocarbonyl (C=S) groups is 1. The topological polar surface area (TPSA) is 50.1 Å². The molecule has 0 saturated carbocycles. The Hall–Kier alpha value is -1.27. The van der Waals surface area contributed by atoms with E-state index in [1.807, 2.05) is 0 Å². The van der Waals surface area contributed by atoms with Gasteiger partial charge >= 0.3 is 0 Å². The average Bonchev–Trinajstić information content (AvgIpc) is 2.19. The molecule has 0 saturated heterocycles. The minimum absolute atomic E-state index is 0.0899. The van der Waals surface area contributed by atoms with Crippen LogP contribution in [-0.2, 0) is 6.54 Å². The molecule has 0 radical (unpaired) electrons. The van der Waals surface area contributed by atoms with Gasteiger partial charge in [-0.15, -0.1) is 0 Å². The van der Waals surface area contributed by atoms with Gasteiger partial charge in [0.2, 0.25) is 0 Å². The number of nitrogens with two attached hydrogens (primary N) is 1. The summed E-state index contributed by atoms with van der Waals surface area (Å²) in [6.45, 7) is 0.0899. The van der Waals surface area contributed by atoms with Crippen molar-refractivity contribution in [2.24, 2.45) is 5.84 Å². The number of hydrazine groups is 1. The van der Waals surface area contributed by atoms with Gasteiger partial charge in [-0.2, -0.15) is 0 Å². The maximum atomic E-state index is 13.0. The summed E-state index contributed by atoms with van der Waals surface area (Å²) in [5.41, 5.74) is 2.37. The minimum atomic E-state index is -0.491. The molecule has 1 aromatic carbocycles. The predicted octanol–water partition coefficient (Wildman–Crippen LogP) is 0.803. The molecule has 76 valence electrons. The van der Waals surface area contributed by atoms with Gasteiger partial charge in [-0.1, -0.05) is 0 Å². The van der Waals surface area contributed by atoms with Crippen LogP contribution in [0.15, 0.2) is 18.2 Å². The molecule has 0 aliphatic heterocycles. The first kappa shape index (κ1) is 10.8. The second-order valence-corrected chi connectivity index (χ2v) is 2.97. The molecule has 0 bridgehead atoms. The Bertz CT molecular complexity index is 343. The van der Waals surface area contributed by atoms with Gasteiger partial charge in [-0.3, -0.25) is 0 Å². The van der Waals surface area contributed by atoms with Crippen molar-refractivity contribution in [3.05, 3.63) is 35.4 Å². The molecular formula is C8H9F2N3S. The number of hydrogen-bond acceptors (Lipinski definition) is 2. The average molecular weight is 217 g/mol. The molecule has 0 aromatic heterocycles. The van der Waals surface area contributed by atoms with Crippen LogP contribution < -0.4 is 16.6 Å². The van der Waals surface area contributed by atoms with E-state index in [9.17, 15) is 8.78 Å². The van der Waals surface area contributed by atoms with E-state index in [4.69, 9.17) is 5.84 Å². The van der Waals surface area contributed by atoms with Crippen molar-refractivity contribution >= 4 is 17.3 Å². The second-order valence-electron chi connectivity index (χ2n) is 2.56. The van der Waals surface area contributed by atoms with Crippen molar-refractivity contribution in [1.82, 2.24) is 10.7 Å². The van der Waals surface area contributed by atoms with Crippen LogP contribution in [-0.4, -0.2) is 5.11 Å². The van der Waals surface area contributed by atoms with Gasteiger partial charge in [-0.25, -0.2) is 14.6 Å². The van der Waals surface area contributed by atoms with Gasteiger partial charge < -0.3 is 10.7 Å². The standard InChI is InChI=1S/C8H9F2N3S/c9-6-1-2-7(10)5(3-6)4-12-8(14)13-11/h1-3H,4,11H2,(H2,12,13,14). The van der Waals surface area contributed by atoms with E-state index in [0.717, 1.165) is 18.2 Å². The Morgan fingerprint density at radius 1 is 1.43 bits per heavy atom. The third-order valence-corrected chi connectivity index (χ3v) is 1.84. The smallest absolute Gasteiger partial charge is 0.180 e. The molecule has 0 heterocycles. The molecule has 14 heavy (non-hydrogen) atoms. The molecular weight excluding hydrogens is 208 g/mol. The Labute approximate surface area is 85.3 Å². The number of benzene rings is 1. The highest BCUT2D eigenvalue weighted by molar-refractivity contribution is 7.80. The highest BCUT2D eigenvalue weighted by Gasteiger charge is 2.03. The molecule has 6 heteroatoms. The van der Waals surface area contributed by atoms with Crippen molar-refractivity contribution in [2.45, 2.75) is 6.54 Å². The van der Waals surface area contributed by atoms with Crippen LogP contribution >= 0.6 is 12.2 Å². The molecule has 0 spiro atoms. The molecule has 0 amide bonds. The predicted molar refractivity (Wildman–Crippen MR) is 53.1 cm³/mol. The summed E-state index contributed by atoms with van der Waals surface area (Å²) in [5, 5.41) is 2.78. The van der Waals surface area contributed by atoms with Crippen LogP contribution in [0.3, 0.4) is 0 Å². The molecule has 0 aliphatic rings. The Morgan fingerprint density at radius 3 is 2.79 bits per heavy atom. The molecule has 0 unspecified atom stereocenters. The van der Waals surface area contributed by atoms with E-state index in [2.05, 4.69) is 23.0 Å². The molecule has 0 aliphatic carbocycles. The van der Waals surface area contributed by atoms with Gasteiger partial charge in [0.25, 0.3) is 0 Å². The van der Waals surface area contributed by atoms with Crippen LogP contribution in [0.25, 0.3) is 0 Å². The summed E-state index contributed by atoms with van der Waals surface area (Å²) >= 11 is 4.67. The lowest BCUT2D eigenvalue weighted by Gasteiger charge is -2.07. The largest absolute Gasteiger partial charge is 0.357 e. The first-order valence-corrected chi connectivity index (χ1v) is 4.22. The van der Waals surface area contributed by atoms with E-state index < -0.39 is 11.6 Å². The van der Waals surface area contributed by atoms with E-state index in [0.29, 0.717) is 0 Å². The number of nitrogens with one attached hydrogen (secondary N) is 2. The number of rotatable bonds is 2. The van der Waals surface area contributed by atoms with Gasteiger partial charge in [0, 0.05) is 12.1 Å². The first-order chi connectivity index (χ1) is 6.63. The summed E-state index contributed by atoms with van der Waals surface area (Å²) in [7, 11) is 0. The maximum absolute atomic E-state index is 13.0. The zero-order valence-corrected chi connectivity index (χ0v) is 8.00. The highest BCUT2D eigenvalue weighted by Crippen LogP contribution is 2.08. The molecule has 0 atom stereocenters. The van der Waals surface area contributed by atoms with Crippen molar-refractivity contribution in [3.63, 3.8) is 0 Å². The summed E-state index contributed by atoms with van der Waals surface area (Å²) in [6, 6.07) is 3.21. The zero-order chi connectivity index (χ0) is 10.6. The van der Waals surface area contributed by atoms with Crippen molar-refractivity contribution < 1.29 is 8.78 Å². The van der Waals surface area contributed by atoms with Crippen LogP contribution in [0, 0.1) is 11.6 Å². The Balaban J connectivity index is 2.66. The van der Waals surface area contributed by atoms with Crippen LogP contribution in [0.5, 0.6) is 0 Å². The summed E-state index contributed by atoms with van der Waals surface area (Å²) < 4.78 is 25.7. The van der Waals surface area contributed by atoms with Crippen molar-refractivity contribution in [1.29, 1.82) is 0 Å². The van der Waals surface area contributed by atoms with Crippen molar-refractivity contribution in [3.8, 4) is 0 Å². The normalized spacial score (nSPS) is 9.64. The van der Waals surface area contributed by atoms with Gasteiger partial charge in [0.05, 0.1) is 0 Å². The Morgan fingerprint density at radius 2 is 2.14 bits per heavy atom. The third kappa shape index (κ3) is 2.90. The van der Waals surface area contributed by atoms with E-state index in [1.54, 1.807) is 0 Å². The van der Waals surface area contributed by atoms with Gasteiger partial charge in [0.15, 0.2) is 5.11 Å². The summed E-state index contributed by atoms with van der Waals surface area (Å²) in [5.74, 6) is 4.00. The highest BCUT2D eigenvalue weighted by atomic mass is 32.1. The number of hydrogen-bond donors (Lipinski definition) is 3. The molecule has 1 rings (SSSR count). The quantitative estimate of drug-likeness (QED) is 0.390. The second kappa shape index (κ2) is 4.83. The van der Waals surface area contributed by atoms with Crippen LogP contribution in [0.1, 0.15) is 5.56 Å². The van der Waals surface area contributed by atoms with Crippen LogP contribution in [0.4, 0.5) is 8.78 Å². The van der Waals surface area contributed by atoms with E-state index >= 15 is 0 Å². The summed E-state index contributed by atoms with van der Waals surface area (Å²) in [6.07, 6.45) is 0. The minimum Gasteiger partial charge on any atom is -0.357 e. The van der Waals surface area contributed by atoms with Gasteiger partial charge in [-0.05, 0) is 30.4 Å². The van der Waals surface area contributed by atoms with Crippen molar-refractivity contribution in [2.75, 3.05) is 0 Å². The lowest BCUT2D eigenvalue weighted by molar-refractivity contribution is 0.581. The first-order valence-electron chi connectivity index (χ1n) is 3.82. The fourth-order valence-electron chi connectivity index (χ4n) is 0.905. The fraction of sp³-hybridized carbons (Fsp3) is 0.125. The van der Waals surface area contributed by atoms with E-state index in [-0.39, 0.29) is 17.2 Å². The van der Waals surface area contributed by atoms with E-state index in [1.165, 1.54) is 0 Å². The summed E-state index contributed by atoms with van der Waals surface area (Å²) in [4.78, 5) is 0. The van der Waals surface area contributed by atoms with Gasteiger partial charge in [0.1, 0.15) is 11.6 Å². The number of halogens is 2. The Kier molecular flexibility index (Phi) is 3.73. The maximum Gasteiger partial charge on any atom is 0.180 e. The third-order valence-electron chi connectivity index (χ3n) is 1.58. The molecule has 1 aromatic rings. The fourth-order valence-corrected chi connectivity index (χ4v) is 0.977. The zero-order valence-electron chi connectivity index (χ0n) is 7.18. The SMILES string of the molecule is NNC(=S)NCc1cc(F)ccc1F. The molecule has 0 fully saturated rings. The lowest BCUT2D eigenvalue weighted by atomic mass is 10.2. The molecule has 3 nitrogen and oxygen atoms in total.